The number of carbonyl (C=O) groups excluding carboxylic acids is 1. The van der Waals surface area contributed by atoms with Crippen molar-refractivity contribution in [2.24, 2.45) is 0 Å². The number of nitrogens with zero attached hydrogens (tertiary/aromatic N) is 3. The van der Waals surface area contributed by atoms with Crippen LogP contribution in [-0.2, 0) is 0 Å². The van der Waals surface area contributed by atoms with E-state index in [0.717, 1.165) is 40.2 Å². The maximum absolute atomic E-state index is 13.5. The van der Waals surface area contributed by atoms with Crippen LogP contribution in [0.15, 0.2) is 72.8 Å². The lowest BCUT2D eigenvalue weighted by molar-refractivity contribution is 0.0726. The molecule has 1 atom stereocenters. The number of fused-ring (bicyclic) bond motifs is 1. The van der Waals surface area contributed by atoms with Crippen LogP contribution in [0.3, 0.4) is 0 Å². The van der Waals surface area contributed by atoms with Crippen molar-refractivity contribution in [1.82, 2.24) is 9.88 Å². The van der Waals surface area contributed by atoms with Crippen LogP contribution in [0.1, 0.15) is 29.8 Å². The molecule has 0 bridgehead atoms. The Morgan fingerprint density at radius 1 is 1.03 bits per heavy atom. The number of pyridine rings is 1. The van der Waals surface area contributed by atoms with E-state index < -0.39 is 0 Å². The van der Waals surface area contributed by atoms with Crippen LogP contribution in [0.2, 0.25) is 0 Å². The highest BCUT2D eigenvalue weighted by atomic mass is 16.5. The van der Waals surface area contributed by atoms with Gasteiger partial charge < -0.3 is 19.3 Å². The van der Waals surface area contributed by atoms with Crippen LogP contribution in [-0.4, -0.2) is 55.2 Å². The third-order valence-electron chi connectivity index (χ3n) is 6.93. The molecule has 37 heavy (non-hydrogen) atoms. The first-order valence-corrected chi connectivity index (χ1v) is 12.8. The number of rotatable bonds is 6. The Labute approximate surface area is 218 Å². The van der Waals surface area contributed by atoms with Gasteiger partial charge in [0.25, 0.3) is 5.91 Å². The van der Waals surface area contributed by atoms with Crippen molar-refractivity contribution < 1.29 is 14.3 Å². The molecule has 6 heteroatoms. The van der Waals surface area contributed by atoms with Gasteiger partial charge in [0, 0.05) is 53.9 Å². The first-order valence-electron chi connectivity index (χ1n) is 12.8. The second kappa shape index (κ2) is 10.5. The van der Waals surface area contributed by atoms with Gasteiger partial charge in [-0.2, -0.15) is 0 Å². The fourth-order valence-corrected chi connectivity index (χ4v) is 5.05. The summed E-state index contributed by atoms with van der Waals surface area (Å²) < 4.78 is 11.4. The van der Waals surface area contributed by atoms with Crippen LogP contribution in [0.25, 0.3) is 22.2 Å². The van der Waals surface area contributed by atoms with Crippen molar-refractivity contribution in [2.45, 2.75) is 26.8 Å². The average Bonchev–Trinajstić information content (AvgIpc) is 2.92. The zero-order chi connectivity index (χ0) is 25.9. The fraction of sp³-hybridized carbons (Fsp3) is 0.290. The molecule has 0 spiro atoms. The predicted octanol–water partition coefficient (Wildman–Crippen LogP) is 5.97. The van der Waals surface area contributed by atoms with Crippen LogP contribution < -0.4 is 14.4 Å². The summed E-state index contributed by atoms with van der Waals surface area (Å²) in [4.78, 5) is 22.8. The topological polar surface area (TPSA) is 54.9 Å². The zero-order valence-corrected chi connectivity index (χ0v) is 21.9. The molecule has 1 amide bonds. The molecule has 4 aromatic rings. The monoisotopic (exact) mass is 495 g/mol. The lowest BCUT2D eigenvalue weighted by atomic mass is 10.0. The van der Waals surface area contributed by atoms with Crippen molar-refractivity contribution in [1.29, 1.82) is 0 Å². The van der Waals surface area contributed by atoms with Gasteiger partial charge in [0.1, 0.15) is 11.5 Å². The number of piperazine rings is 1. The number of hydrogen-bond acceptors (Lipinski definition) is 5. The van der Waals surface area contributed by atoms with E-state index in [9.17, 15) is 4.79 Å². The minimum absolute atomic E-state index is 0.0389. The lowest BCUT2D eigenvalue weighted by Crippen LogP contribution is -2.53. The first kappa shape index (κ1) is 24.6. The molecule has 1 aliphatic heterocycles. The highest BCUT2D eigenvalue weighted by Crippen LogP contribution is 2.32. The summed E-state index contributed by atoms with van der Waals surface area (Å²) in [5.41, 5.74) is 5.65. The number of benzene rings is 3. The molecular formula is C31H33N3O3. The van der Waals surface area contributed by atoms with Gasteiger partial charge in [-0.05, 0) is 68.8 Å². The molecule has 0 unspecified atom stereocenters. The SMILES string of the molecule is CCOc1cc(-c2cccc(OC)c2)nc2ccc(C(=O)N3CCN(c4cccc(C)c4)[C@@H](C)C3)cc12. The van der Waals surface area contributed by atoms with Gasteiger partial charge in [-0.15, -0.1) is 0 Å². The molecular weight excluding hydrogens is 462 g/mol. The number of aromatic nitrogens is 1. The van der Waals surface area contributed by atoms with E-state index >= 15 is 0 Å². The summed E-state index contributed by atoms with van der Waals surface area (Å²) in [6.07, 6.45) is 0. The van der Waals surface area contributed by atoms with Gasteiger partial charge in [-0.25, -0.2) is 4.98 Å². The number of methoxy groups -OCH3 is 1. The molecule has 0 radical (unpaired) electrons. The molecule has 0 saturated carbocycles. The molecule has 190 valence electrons. The number of carbonyl (C=O) groups is 1. The minimum Gasteiger partial charge on any atom is -0.497 e. The van der Waals surface area contributed by atoms with E-state index in [-0.39, 0.29) is 11.9 Å². The summed E-state index contributed by atoms with van der Waals surface area (Å²) in [5, 5.41) is 0.839. The zero-order valence-electron chi connectivity index (χ0n) is 21.9. The molecule has 0 N–H and O–H groups in total. The third-order valence-corrected chi connectivity index (χ3v) is 6.93. The molecule has 2 heterocycles. The van der Waals surface area contributed by atoms with Crippen molar-refractivity contribution in [2.75, 3.05) is 38.3 Å². The summed E-state index contributed by atoms with van der Waals surface area (Å²) in [7, 11) is 1.65. The van der Waals surface area contributed by atoms with E-state index in [2.05, 4.69) is 43.0 Å². The second-order valence-electron chi connectivity index (χ2n) is 9.54. The fourth-order valence-electron chi connectivity index (χ4n) is 5.05. The van der Waals surface area contributed by atoms with E-state index in [4.69, 9.17) is 14.5 Å². The summed E-state index contributed by atoms with van der Waals surface area (Å²) in [6, 6.07) is 24.3. The van der Waals surface area contributed by atoms with Crippen LogP contribution in [0.5, 0.6) is 11.5 Å². The minimum atomic E-state index is 0.0389. The van der Waals surface area contributed by atoms with Gasteiger partial charge in [0.2, 0.25) is 0 Å². The highest BCUT2D eigenvalue weighted by Gasteiger charge is 2.28. The Balaban J connectivity index is 1.41. The van der Waals surface area contributed by atoms with Crippen LogP contribution in [0, 0.1) is 6.92 Å². The van der Waals surface area contributed by atoms with E-state index in [1.54, 1.807) is 7.11 Å². The number of hydrogen-bond donors (Lipinski definition) is 0. The molecule has 1 fully saturated rings. The summed E-state index contributed by atoms with van der Waals surface area (Å²) in [5.74, 6) is 1.53. The Hall–Kier alpha value is -4.06. The number of anilines is 1. The van der Waals surface area contributed by atoms with Crippen molar-refractivity contribution in [3.05, 3.63) is 83.9 Å². The Kier molecular flexibility index (Phi) is 6.99. The molecule has 1 aliphatic rings. The first-order chi connectivity index (χ1) is 18.0. The average molecular weight is 496 g/mol. The van der Waals surface area contributed by atoms with Gasteiger partial charge in [-0.3, -0.25) is 4.79 Å². The smallest absolute Gasteiger partial charge is 0.254 e. The number of amides is 1. The Bertz CT molecular complexity index is 1430. The molecule has 5 rings (SSSR count). The highest BCUT2D eigenvalue weighted by molar-refractivity contribution is 6.00. The second-order valence-corrected chi connectivity index (χ2v) is 9.54. The third kappa shape index (κ3) is 5.10. The van der Waals surface area contributed by atoms with Gasteiger partial charge in [0.05, 0.1) is 24.9 Å². The van der Waals surface area contributed by atoms with E-state index in [1.165, 1.54) is 11.3 Å². The van der Waals surface area contributed by atoms with Gasteiger partial charge in [0.15, 0.2) is 0 Å². The maximum Gasteiger partial charge on any atom is 0.254 e. The van der Waals surface area contributed by atoms with E-state index in [0.29, 0.717) is 25.3 Å². The lowest BCUT2D eigenvalue weighted by Gasteiger charge is -2.41. The normalized spacial score (nSPS) is 15.6. The van der Waals surface area contributed by atoms with Gasteiger partial charge >= 0.3 is 0 Å². The molecule has 6 nitrogen and oxygen atoms in total. The summed E-state index contributed by atoms with van der Waals surface area (Å²) in [6.45, 7) is 8.93. The van der Waals surface area contributed by atoms with E-state index in [1.807, 2.05) is 60.4 Å². The molecule has 1 aromatic heterocycles. The van der Waals surface area contributed by atoms with Crippen molar-refractivity contribution in [3.8, 4) is 22.8 Å². The predicted molar refractivity (Wildman–Crippen MR) is 149 cm³/mol. The Morgan fingerprint density at radius 2 is 1.86 bits per heavy atom. The largest absolute Gasteiger partial charge is 0.497 e. The van der Waals surface area contributed by atoms with Crippen LogP contribution in [0.4, 0.5) is 5.69 Å². The summed E-state index contributed by atoms with van der Waals surface area (Å²) >= 11 is 0. The molecule has 1 saturated heterocycles. The molecule has 0 aliphatic carbocycles. The van der Waals surface area contributed by atoms with Crippen LogP contribution >= 0.6 is 0 Å². The van der Waals surface area contributed by atoms with Crippen molar-refractivity contribution in [3.63, 3.8) is 0 Å². The Morgan fingerprint density at radius 3 is 2.62 bits per heavy atom. The number of ether oxygens (including phenoxy) is 2. The quantitative estimate of drug-likeness (QED) is 0.330. The van der Waals surface area contributed by atoms with Gasteiger partial charge in [-0.1, -0.05) is 24.3 Å². The number of aryl methyl sites for hydroxylation is 1. The standard InChI is InChI=1S/C31H33N3O3/c1-5-37-30-19-29(23-9-7-11-26(17-23)36-4)32-28-13-12-24(18-27(28)30)31(35)33-14-15-34(22(3)20-33)25-10-6-8-21(2)16-25/h6-13,16-19,22H,5,14-15,20H2,1-4H3/t22-/m0/s1. The van der Waals surface area contributed by atoms with Crippen molar-refractivity contribution >= 4 is 22.5 Å². The molecule has 3 aromatic carbocycles. The maximum atomic E-state index is 13.5.